The number of methoxy groups -OCH3 is 1. The van der Waals surface area contributed by atoms with E-state index in [1.165, 1.54) is 5.56 Å². The van der Waals surface area contributed by atoms with E-state index in [1.54, 1.807) is 44.2 Å². The number of hydrogen-bond acceptors (Lipinski definition) is 5. The molecular weight excluding hydrogens is 442 g/mol. The zero-order chi connectivity index (χ0) is 25.4. The van der Waals surface area contributed by atoms with Gasteiger partial charge in [0.25, 0.3) is 5.91 Å². The van der Waals surface area contributed by atoms with Crippen LogP contribution in [-0.2, 0) is 16.0 Å². The molecule has 1 aliphatic heterocycles. The summed E-state index contributed by atoms with van der Waals surface area (Å²) in [5.41, 5.74) is 2.33. The largest absolute Gasteiger partial charge is 0.491 e. The van der Waals surface area contributed by atoms with E-state index >= 15 is 0 Å². The topological polar surface area (TPSA) is 71.1 Å². The summed E-state index contributed by atoms with van der Waals surface area (Å²) in [6, 6.07) is 15.9. The van der Waals surface area contributed by atoms with E-state index in [9.17, 15) is 9.59 Å². The first-order chi connectivity index (χ1) is 16.8. The van der Waals surface area contributed by atoms with Gasteiger partial charge in [-0.1, -0.05) is 44.2 Å². The number of hydrogen-bond donors (Lipinski definition) is 1. The molecule has 3 atom stereocenters. The summed E-state index contributed by atoms with van der Waals surface area (Å²) in [6.07, 6.45) is 1.21. The molecule has 2 amide bonds. The second-order valence-electron chi connectivity index (χ2n) is 9.44. The van der Waals surface area contributed by atoms with Gasteiger partial charge in [-0.3, -0.25) is 14.5 Å². The lowest BCUT2D eigenvalue weighted by Gasteiger charge is -2.36. The maximum atomic E-state index is 13.4. The molecule has 0 saturated heterocycles. The monoisotopic (exact) mass is 481 g/mol. The van der Waals surface area contributed by atoms with Crippen molar-refractivity contribution in [1.82, 2.24) is 9.80 Å². The second kappa shape index (κ2) is 12.7. The van der Waals surface area contributed by atoms with E-state index in [1.807, 2.05) is 6.07 Å². The van der Waals surface area contributed by atoms with E-state index in [4.69, 9.17) is 9.47 Å². The van der Waals surface area contributed by atoms with Gasteiger partial charge in [-0.25, -0.2) is 0 Å². The average molecular weight is 482 g/mol. The standard InChI is InChI=1S/C28H39N3O4/c1-6-27(32)29-23-12-13-25-24(16-23)28(33)30(4)18-26(34-5)20(2)17-31(21(3)19-35-25)15-14-22-10-8-7-9-11-22/h7-13,16,20-21,26H,6,14-15,17-19H2,1-5H3,(H,29,32)/t20-,21-,26-/m0/s1. The summed E-state index contributed by atoms with van der Waals surface area (Å²) >= 11 is 0. The third-order valence-corrected chi connectivity index (χ3v) is 6.71. The van der Waals surface area contributed by atoms with E-state index < -0.39 is 0 Å². The molecule has 7 nitrogen and oxygen atoms in total. The van der Waals surface area contributed by atoms with E-state index in [-0.39, 0.29) is 29.9 Å². The molecule has 1 N–H and O–H groups in total. The Labute approximate surface area is 209 Å². The highest BCUT2D eigenvalue weighted by molar-refractivity contribution is 5.99. The first-order valence-corrected chi connectivity index (χ1v) is 12.4. The van der Waals surface area contributed by atoms with Crippen LogP contribution < -0.4 is 10.1 Å². The number of rotatable bonds is 6. The summed E-state index contributed by atoms with van der Waals surface area (Å²) < 4.78 is 12.1. The molecule has 0 radical (unpaired) electrons. The minimum atomic E-state index is -0.156. The number of carbonyl (C=O) groups is 2. The Morgan fingerprint density at radius 3 is 2.57 bits per heavy atom. The molecule has 35 heavy (non-hydrogen) atoms. The molecule has 3 rings (SSSR count). The van der Waals surface area contributed by atoms with Gasteiger partial charge in [0, 0.05) is 51.9 Å². The highest BCUT2D eigenvalue weighted by Crippen LogP contribution is 2.26. The van der Waals surface area contributed by atoms with Gasteiger partial charge in [-0.15, -0.1) is 0 Å². The van der Waals surface area contributed by atoms with Crippen molar-refractivity contribution in [2.75, 3.05) is 45.7 Å². The van der Waals surface area contributed by atoms with Crippen molar-refractivity contribution >= 4 is 17.5 Å². The molecule has 1 heterocycles. The van der Waals surface area contributed by atoms with Crippen LogP contribution in [0.15, 0.2) is 48.5 Å². The van der Waals surface area contributed by atoms with Crippen molar-refractivity contribution in [2.24, 2.45) is 5.92 Å². The molecule has 0 aliphatic carbocycles. The van der Waals surface area contributed by atoms with Gasteiger partial charge < -0.3 is 19.7 Å². The molecule has 0 spiro atoms. The lowest BCUT2D eigenvalue weighted by atomic mass is 10.0. The Morgan fingerprint density at radius 2 is 1.89 bits per heavy atom. The summed E-state index contributed by atoms with van der Waals surface area (Å²) in [5, 5.41) is 2.84. The number of anilines is 1. The maximum Gasteiger partial charge on any atom is 0.257 e. The normalized spacial score (nSPS) is 21.9. The highest BCUT2D eigenvalue weighted by Gasteiger charge is 2.28. The molecule has 2 aromatic rings. The van der Waals surface area contributed by atoms with Gasteiger partial charge in [0.15, 0.2) is 0 Å². The fourth-order valence-electron chi connectivity index (χ4n) is 4.41. The zero-order valence-corrected chi connectivity index (χ0v) is 21.6. The van der Waals surface area contributed by atoms with Crippen LogP contribution in [0, 0.1) is 5.92 Å². The van der Waals surface area contributed by atoms with Gasteiger partial charge in [0.1, 0.15) is 12.4 Å². The van der Waals surface area contributed by atoms with Crippen molar-refractivity contribution in [1.29, 1.82) is 0 Å². The Hall–Kier alpha value is -2.90. The van der Waals surface area contributed by atoms with Gasteiger partial charge in [0.05, 0.1) is 11.7 Å². The van der Waals surface area contributed by atoms with Crippen LogP contribution in [0.5, 0.6) is 5.75 Å². The number of carbonyl (C=O) groups excluding carboxylic acids is 2. The maximum absolute atomic E-state index is 13.4. The summed E-state index contributed by atoms with van der Waals surface area (Å²) in [5.74, 6) is 0.475. The lowest BCUT2D eigenvalue weighted by Crippen LogP contribution is -2.47. The molecule has 0 fully saturated rings. The predicted molar refractivity (Wildman–Crippen MR) is 139 cm³/mol. The quantitative estimate of drug-likeness (QED) is 0.673. The van der Waals surface area contributed by atoms with Gasteiger partial charge in [-0.2, -0.15) is 0 Å². The van der Waals surface area contributed by atoms with E-state index in [2.05, 4.69) is 48.3 Å². The smallest absolute Gasteiger partial charge is 0.257 e. The van der Waals surface area contributed by atoms with Crippen LogP contribution in [0.3, 0.4) is 0 Å². The van der Waals surface area contributed by atoms with Gasteiger partial charge >= 0.3 is 0 Å². The van der Waals surface area contributed by atoms with Crippen LogP contribution in [0.2, 0.25) is 0 Å². The molecule has 0 aromatic heterocycles. The summed E-state index contributed by atoms with van der Waals surface area (Å²) in [6.45, 7) is 8.78. The Kier molecular flexibility index (Phi) is 9.69. The number of amides is 2. The predicted octanol–water partition coefficient (Wildman–Crippen LogP) is 4.08. The second-order valence-corrected chi connectivity index (χ2v) is 9.44. The molecule has 2 aromatic carbocycles. The third kappa shape index (κ3) is 7.29. The molecule has 1 aliphatic rings. The molecule has 0 unspecified atom stereocenters. The SMILES string of the molecule is CCC(=O)Nc1ccc2c(c1)C(=O)N(C)C[C@H](OC)[C@@H](C)CN(CCc1ccccc1)[C@@H](C)CO2. The molecule has 7 heteroatoms. The first kappa shape index (κ1) is 26.7. The highest BCUT2D eigenvalue weighted by atomic mass is 16.5. The minimum absolute atomic E-state index is 0.101. The average Bonchev–Trinajstić information content (AvgIpc) is 2.87. The number of ether oxygens (including phenoxy) is 2. The molecule has 0 bridgehead atoms. The minimum Gasteiger partial charge on any atom is -0.491 e. The number of likely N-dealkylation sites (N-methyl/N-ethyl adjacent to an activating group) is 1. The van der Waals surface area contributed by atoms with Crippen molar-refractivity contribution in [3.05, 3.63) is 59.7 Å². The number of benzene rings is 2. The van der Waals surface area contributed by atoms with Crippen LogP contribution in [0.4, 0.5) is 5.69 Å². The van der Waals surface area contributed by atoms with Crippen molar-refractivity contribution < 1.29 is 19.1 Å². The lowest BCUT2D eigenvalue weighted by molar-refractivity contribution is -0.115. The van der Waals surface area contributed by atoms with Crippen LogP contribution in [0.1, 0.15) is 43.1 Å². The summed E-state index contributed by atoms with van der Waals surface area (Å²) in [7, 11) is 3.49. The Bertz CT molecular complexity index is 981. The zero-order valence-electron chi connectivity index (χ0n) is 21.6. The van der Waals surface area contributed by atoms with Crippen LogP contribution in [-0.4, -0.2) is 74.2 Å². The van der Waals surface area contributed by atoms with Gasteiger partial charge in [0.2, 0.25) is 5.91 Å². The Morgan fingerprint density at radius 1 is 1.14 bits per heavy atom. The fourth-order valence-corrected chi connectivity index (χ4v) is 4.41. The number of fused-ring (bicyclic) bond motifs is 1. The van der Waals surface area contributed by atoms with Crippen LogP contribution >= 0.6 is 0 Å². The van der Waals surface area contributed by atoms with Crippen molar-refractivity contribution in [2.45, 2.75) is 45.8 Å². The third-order valence-electron chi connectivity index (χ3n) is 6.71. The van der Waals surface area contributed by atoms with Crippen LogP contribution in [0.25, 0.3) is 0 Å². The Balaban J connectivity index is 1.88. The summed E-state index contributed by atoms with van der Waals surface area (Å²) in [4.78, 5) is 29.4. The molecule has 190 valence electrons. The number of nitrogens with one attached hydrogen (secondary N) is 1. The number of nitrogens with zero attached hydrogens (tertiary/aromatic N) is 2. The van der Waals surface area contributed by atoms with E-state index in [0.29, 0.717) is 36.6 Å². The van der Waals surface area contributed by atoms with E-state index in [0.717, 1.165) is 19.5 Å². The van der Waals surface area contributed by atoms with Crippen molar-refractivity contribution in [3.63, 3.8) is 0 Å². The molecule has 0 saturated carbocycles. The van der Waals surface area contributed by atoms with Crippen molar-refractivity contribution in [3.8, 4) is 5.75 Å². The first-order valence-electron chi connectivity index (χ1n) is 12.4. The fraction of sp³-hybridized carbons (Fsp3) is 0.500. The molecular formula is C28H39N3O4. The van der Waals surface area contributed by atoms with Gasteiger partial charge in [-0.05, 0) is 43.0 Å².